The van der Waals surface area contributed by atoms with Crippen molar-refractivity contribution in [1.82, 2.24) is 25.2 Å². The Morgan fingerprint density at radius 3 is 3.11 bits per heavy atom. The maximum atomic E-state index is 10.4. The van der Waals surface area contributed by atoms with E-state index in [1.807, 2.05) is 13.2 Å². The van der Waals surface area contributed by atoms with E-state index >= 15 is 0 Å². The molecule has 96 valence electrons. The van der Waals surface area contributed by atoms with Crippen LogP contribution in [0.25, 0.3) is 11.5 Å². The van der Waals surface area contributed by atoms with Crippen molar-refractivity contribution in [3.05, 3.63) is 18.2 Å². The number of aromatic nitrogens is 4. The fraction of sp³-hybridized carbons (Fsp3) is 0.545. The Labute approximate surface area is 104 Å². The molecule has 2 aromatic heterocycles. The highest BCUT2D eigenvalue weighted by Crippen LogP contribution is 2.28. The van der Waals surface area contributed by atoms with Crippen molar-refractivity contribution in [3.63, 3.8) is 0 Å². The highest BCUT2D eigenvalue weighted by molar-refractivity contribution is 5.46. The summed E-state index contributed by atoms with van der Waals surface area (Å²) in [7, 11) is 1.82. The molecule has 3 rings (SSSR count). The molecule has 7 heteroatoms. The third-order valence-electron chi connectivity index (χ3n) is 3.13. The lowest BCUT2D eigenvalue weighted by molar-refractivity contribution is -0.0167. The third-order valence-corrected chi connectivity index (χ3v) is 3.13. The van der Waals surface area contributed by atoms with Gasteiger partial charge in [-0.25, -0.2) is 0 Å². The van der Waals surface area contributed by atoms with Crippen LogP contribution in [0.2, 0.25) is 0 Å². The van der Waals surface area contributed by atoms with Gasteiger partial charge in [-0.1, -0.05) is 5.16 Å². The van der Waals surface area contributed by atoms with Crippen LogP contribution in [0, 0.1) is 0 Å². The van der Waals surface area contributed by atoms with Crippen LogP contribution in [0.4, 0.5) is 0 Å². The summed E-state index contributed by atoms with van der Waals surface area (Å²) in [4.78, 5) is 4.25. The smallest absolute Gasteiger partial charge is 0.260 e. The quantitative estimate of drug-likeness (QED) is 0.781. The van der Waals surface area contributed by atoms with Gasteiger partial charge in [0.25, 0.3) is 5.89 Å². The maximum Gasteiger partial charge on any atom is 0.260 e. The minimum absolute atomic E-state index is 0.260. The number of hydrogen-bond donors (Lipinski definition) is 2. The second-order valence-electron chi connectivity index (χ2n) is 4.61. The molecular formula is C11H15N5O2. The normalized spacial score (nSPS) is 24.3. The highest BCUT2D eigenvalue weighted by Gasteiger charge is 2.37. The van der Waals surface area contributed by atoms with Crippen LogP contribution in [0.1, 0.15) is 18.7 Å². The van der Waals surface area contributed by atoms with Crippen molar-refractivity contribution in [1.29, 1.82) is 0 Å². The Bertz CT molecular complexity index is 541. The molecular weight excluding hydrogens is 234 g/mol. The van der Waals surface area contributed by atoms with Crippen molar-refractivity contribution in [3.8, 4) is 11.5 Å². The van der Waals surface area contributed by atoms with Gasteiger partial charge in [0.15, 0.2) is 5.60 Å². The summed E-state index contributed by atoms with van der Waals surface area (Å²) >= 11 is 0. The van der Waals surface area contributed by atoms with E-state index in [1.54, 1.807) is 10.7 Å². The summed E-state index contributed by atoms with van der Waals surface area (Å²) in [5, 5.41) is 21.6. The van der Waals surface area contributed by atoms with Crippen LogP contribution in [0.5, 0.6) is 0 Å². The molecule has 1 aliphatic heterocycles. The van der Waals surface area contributed by atoms with Crippen molar-refractivity contribution in [2.75, 3.05) is 13.1 Å². The summed E-state index contributed by atoms with van der Waals surface area (Å²) in [6.45, 7) is 1.35. The highest BCUT2D eigenvalue weighted by atomic mass is 16.5. The van der Waals surface area contributed by atoms with Gasteiger partial charge in [-0.05, 0) is 25.5 Å². The number of piperidine rings is 1. The Morgan fingerprint density at radius 1 is 1.56 bits per heavy atom. The molecule has 1 atom stereocenters. The van der Waals surface area contributed by atoms with E-state index < -0.39 is 5.60 Å². The fourth-order valence-corrected chi connectivity index (χ4v) is 2.12. The predicted octanol–water partition coefficient (Wildman–Crippen LogP) is 0.0411. The number of hydrogen-bond acceptors (Lipinski definition) is 6. The molecule has 0 aliphatic carbocycles. The Hall–Kier alpha value is -1.73. The van der Waals surface area contributed by atoms with Gasteiger partial charge in [-0.2, -0.15) is 10.1 Å². The Balaban J connectivity index is 1.89. The average molecular weight is 249 g/mol. The molecule has 0 radical (unpaired) electrons. The van der Waals surface area contributed by atoms with E-state index in [-0.39, 0.29) is 5.89 Å². The summed E-state index contributed by atoms with van der Waals surface area (Å²) in [5.41, 5.74) is -0.418. The molecule has 0 bridgehead atoms. The van der Waals surface area contributed by atoms with E-state index in [0.29, 0.717) is 24.5 Å². The molecule has 0 aromatic carbocycles. The second-order valence-corrected chi connectivity index (χ2v) is 4.61. The summed E-state index contributed by atoms with van der Waals surface area (Å²) in [6.07, 6.45) is 3.32. The van der Waals surface area contributed by atoms with E-state index in [9.17, 15) is 5.11 Å². The first-order valence-corrected chi connectivity index (χ1v) is 5.95. The monoisotopic (exact) mass is 249 g/mol. The molecule has 1 fully saturated rings. The zero-order valence-corrected chi connectivity index (χ0v) is 10.1. The van der Waals surface area contributed by atoms with Gasteiger partial charge in [0.05, 0.1) is 0 Å². The molecule has 0 spiro atoms. The van der Waals surface area contributed by atoms with Gasteiger partial charge in [-0.15, -0.1) is 0 Å². The van der Waals surface area contributed by atoms with Crippen LogP contribution >= 0.6 is 0 Å². The van der Waals surface area contributed by atoms with E-state index in [1.165, 1.54) is 0 Å². The molecule has 0 amide bonds. The zero-order chi connectivity index (χ0) is 12.6. The van der Waals surface area contributed by atoms with Gasteiger partial charge in [0.2, 0.25) is 5.82 Å². The maximum absolute atomic E-state index is 10.4. The van der Waals surface area contributed by atoms with Crippen LogP contribution in [0.15, 0.2) is 16.8 Å². The first-order valence-electron chi connectivity index (χ1n) is 5.95. The Kier molecular flexibility index (Phi) is 2.64. The van der Waals surface area contributed by atoms with Crippen LogP contribution in [-0.2, 0) is 12.6 Å². The number of aryl methyl sites for hydroxylation is 1. The van der Waals surface area contributed by atoms with Gasteiger partial charge < -0.3 is 14.9 Å². The van der Waals surface area contributed by atoms with Crippen molar-refractivity contribution < 1.29 is 9.63 Å². The SMILES string of the molecule is Cn1ccc(-c2noc(C3(O)CCCNC3)n2)n1. The standard InChI is InChI=1S/C11H15N5O2/c1-16-6-3-8(14-16)9-13-10(18-15-9)11(17)4-2-5-12-7-11/h3,6,12,17H,2,4-5,7H2,1H3. The van der Waals surface area contributed by atoms with Gasteiger partial charge in [0.1, 0.15) is 5.69 Å². The van der Waals surface area contributed by atoms with Gasteiger partial charge in [0, 0.05) is 19.8 Å². The van der Waals surface area contributed by atoms with E-state index in [0.717, 1.165) is 13.0 Å². The average Bonchev–Trinajstić information content (AvgIpc) is 2.98. The number of β-amino-alcohol motifs (C(OH)–C–C–N with tert-alkyl or cyclic N) is 1. The van der Waals surface area contributed by atoms with Crippen molar-refractivity contribution in [2.45, 2.75) is 18.4 Å². The van der Waals surface area contributed by atoms with E-state index in [4.69, 9.17) is 4.52 Å². The second kappa shape index (κ2) is 4.18. The zero-order valence-electron chi connectivity index (χ0n) is 10.1. The largest absolute Gasteiger partial charge is 0.379 e. The molecule has 2 N–H and O–H groups in total. The molecule has 7 nitrogen and oxygen atoms in total. The van der Waals surface area contributed by atoms with Crippen LogP contribution in [-0.4, -0.2) is 38.1 Å². The molecule has 1 aliphatic rings. The van der Waals surface area contributed by atoms with Crippen LogP contribution < -0.4 is 5.32 Å². The molecule has 18 heavy (non-hydrogen) atoms. The lowest BCUT2D eigenvalue weighted by atomic mass is 9.94. The minimum Gasteiger partial charge on any atom is -0.379 e. The number of aliphatic hydroxyl groups is 1. The summed E-state index contributed by atoms with van der Waals surface area (Å²) in [6, 6.07) is 1.80. The van der Waals surface area contributed by atoms with Gasteiger partial charge in [-0.3, -0.25) is 4.68 Å². The lowest BCUT2D eigenvalue weighted by Gasteiger charge is -2.28. The lowest BCUT2D eigenvalue weighted by Crippen LogP contribution is -2.43. The molecule has 3 heterocycles. The number of rotatable bonds is 2. The van der Waals surface area contributed by atoms with Gasteiger partial charge >= 0.3 is 0 Å². The first-order chi connectivity index (χ1) is 8.67. The molecule has 1 unspecified atom stereocenters. The summed E-state index contributed by atoms with van der Waals surface area (Å²) < 4.78 is 6.84. The molecule has 2 aromatic rings. The fourth-order valence-electron chi connectivity index (χ4n) is 2.12. The number of nitrogens with zero attached hydrogens (tertiary/aromatic N) is 4. The third kappa shape index (κ3) is 1.91. The van der Waals surface area contributed by atoms with E-state index in [2.05, 4.69) is 20.6 Å². The minimum atomic E-state index is -1.06. The van der Waals surface area contributed by atoms with Crippen LogP contribution in [0.3, 0.4) is 0 Å². The first kappa shape index (κ1) is 11.4. The molecule has 0 saturated carbocycles. The predicted molar refractivity (Wildman–Crippen MR) is 62.5 cm³/mol. The molecule has 1 saturated heterocycles. The summed E-state index contributed by atoms with van der Waals surface area (Å²) in [5.74, 6) is 0.667. The number of nitrogens with one attached hydrogen (secondary N) is 1. The van der Waals surface area contributed by atoms with Crippen molar-refractivity contribution >= 4 is 0 Å². The Morgan fingerprint density at radius 2 is 2.44 bits per heavy atom. The topological polar surface area (TPSA) is 89.0 Å². The van der Waals surface area contributed by atoms with Crippen molar-refractivity contribution in [2.24, 2.45) is 7.05 Å².